The molecule has 0 spiro atoms. The molecule has 1 amide bonds. The SMILES string of the molecule is CCCCN/C=C(/C#N)C(=O)Nc1ccccc1Cl. The second-order valence-electron chi connectivity index (χ2n) is 3.91. The average Bonchev–Trinajstić information content (AvgIpc) is 2.41. The van der Waals surface area contributed by atoms with E-state index in [0.29, 0.717) is 10.7 Å². The third-order valence-corrected chi connectivity index (χ3v) is 2.74. The van der Waals surface area contributed by atoms with Crippen LogP contribution in [0.1, 0.15) is 19.8 Å². The predicted molar refractivity (Wildman–Crippen MR) is 76.7 cm³/mol. The van der Waals surface area contributed by atoms with Gasteiger partial charge in [-0.1, -0.05) is 37.1 Å². The molecule has 0 saturated heterocycles. The summed E-state index contributed by atoms with van der Waals surface area (Å²) in [7, 11) is 0. The zero-order valence-corrected chi connectivity index (χ0v) is 11.5. The number of unbranched alkanes of at least 4 members (excludes halogenated alkanes) is 1. The van der Waals surface area contributed by atoms with E-state index in [1.165, 1.54) is 6.20 Å². The van der Waals surface area contributed by atoms with E-state index in [2.05, 4.69) is 17.6 Å². The third kappa shape index (κ3) is 5.02. The molecule has 0 radical (unpaired) electrons. The maximum atomic E-state index is 11.9. The highest BCUT2D eigenvalue weighted by Gasteiger charge is 2.10. The summed E-state index contributed by atoms with van der Waals surface area (Å²) in [5, 5.41) is 14.9. The van der Waals surface area contributed by atoms with Crippen LogP contribution < -0.4 is 10.6 Å². The molecule has 0 atom stereocenters. The Bertz CT molecular complexity index is 506. The Kier molecular flexibility index (Phi) is 6.48. The number of halogens is 1. The Morgan fingerprint density at radius 3 is 2.84 bits per heavy atom. The van der Waals surface area contributed by atoms with E-state index in [1.807, 2.05) is 6.07 Å². The maximum Gasteiger partial charge on any atom is 0.267 e. The van der Waals surface area contributed by atoms with Gasteiger partial charge in [0.25, 0.3) is 5.91 Å². The number of nitrogens with one attached hydrogen (secondary N) is 2. The quantitative estimate of drug-likeness (QED) is 0.477. The van der Waals surface area contributed by atoms with Crippen molar-refractivity contribution in [3.63, 3.8) is 0 Å². The molecule has 4 nitrogen and oxygen atoms in total. The van der Waals surface area contributed by atoms with Gasteiger partial charge in [0.05, 0.1) is 10.7 Å². The topological polar surface area (TPSA) is 64.9 Å². The van der Waals surface area contributed by atoms with Crippen LogP contribution in [0.5, 0.6) is 0 Å². The number of para-hydroxylation sites is 1. The van der Waals surface area contributed by atoms with E-state index in [0.717, 1.165) is 19.4 Å². The summed E-state index contributed by atoms with van der Waals surface area (Å²) >= 11 is 5.93. The summed E-state index contributed by atoms with van der Waals surface area (Å²) in [4.78, 5) is 11.9. The Balaban J connectivity index is 2.65. The normalized spacial score (nSPS) is 10.7. The van der Waals surface area contributed by atoms with Crippen molar-refractivity contribution in [1.29, 1.82) is 5.26 Å². The molecule has 0 aliphatic carbocycles. The van der Waals surface area contributed by atoms with Gasteiger partial charge in [0, 0.05) is 12.7 Å². The van der Waals surface area contributed by atoms with E-state index < -0.39 is 5.91 Å². The van der Waals surface area contributed by atoms with Gasteiger partial charge in [0.2, 0.25) is 0 Å². The van der Waals surface area contributed by atoms with Gasteiger partial charge in [0.15, 0.2) is 0 Å². The zero-order valence-electron chi connectivity index (χ0n) is 10.7. The number of amides is 1. The number of carbonyl (C=O) groups excluding carboxylic acids is 1. The minimum atomic E-state index is -0.473. The highest BCUT2D eigenvalue weighted by atomic mass is 35.5. The summed E-state index contributed by atoms with van der Waals surface area (Å²) in [5.41, 5.74) is 0.514. The second kappa shape index (κ2) is 8.17. The smallest absolute Gasteiger partial charge is 0.267 e. The molecule has 100 valence electrons. The van der Waals surface area contributed by atoms with Crippen molar-refractivity contribution >= 4 is 23.2 Å². The molecule has 19 heavy (non-hydrogen) atoms. The average molecular weight is 278 g/mol. The van der Waals surface area contributed by atoms with Crippen molar-refractivity contribution in [3.05, 3.63) is 41.1 Å². The molecule has 2 N–H and O–H groups in total. The number of rotatable bonds is 6. The summed E-state index contributed by atoms with van der Waals surface area (Å²) in [6.45, 7) is 2.81. The number of nitriles is 1. The Labute approximate surface area is 118 Å². The number of carbonyl (C=O) groups is 1. The van der Waals surface area contributed by atoms with E-state index in [4.69, 9.17) is 16.9 Å². The fourth-order valence-corrected chi connectivity index (χ4v) is 1.54. The maximum absolute atomic E-state index is 11.9. The highest BCUT2D eigenvalue weighted by molar-refractivity contribution is 6.33. The van der Waals surface area contributed by atoms with Crippen LogP contribution in [0.2, 0.25) is 5.02 Å². The largest absolute Gasteiger partial charge is 0.390 e. The lowest BCUT2D eigenvalue weighted by molar-refractivity contribution is -0.112. The van der Waals surface area contributed by atoms with Gasteiger partial charge in [-0.2, -0.15) is 5.26 Å². The molecule has 0 aliphatic heterocycles. The minimum Gasteiger partial charge on any atom is -0.390 e. The van der Waals surface area contributed by atoms with Crippen LogP contribution in [0.3, 0.4) is 0 Å². The van der Waals surface area contributed by atoms with E-state index in [-0.39, 0.29) is 5.57 Å². The molecule has 1 aromatic carbocycles. The molecule has 0 heterocycles. The number of nitrogens with zero attached hydrogens (tertiary/aromatic N) is 1. The van der Waals surface area contributed by atoms with Gasteiger partial charge in [0.1, 0.15) is 11.6 Å². The molecule has 0 unspecified atom stereocenters. The number of benzene rings is 1. The summed E-state index contributed by atoms with van der Waals surface area (Å²) in [6.07, 6.45) is 3.47. The molecule has 1 rings (SSSR count). The van der Waals surface area contributed by atoms with Crippen LogP contribution in [-0.4, -0.2) is 12.5 Å². The van der Waals surface area contributed by atoms with E-state index in [9.17, 15) is 4.79 Å². The Morgan fingerprint density at radius 1 is 1.47 bits per heavy atom. The minimum absolute atomic E-state index is 0.0241. The lowest BCUT2D eigenvalue weighted by Gasteiger charge is -2.06. The van der Waals surface area contributed by atoms with Crippen LogP contribution in [0.25, 0.3) is 0 Å². The lowest BCUT2D eigenvalue weighted by atomic mass is 10.2. The van der Waals surface area contributed by atoms with Crippen molar-refractivity contribution in [1.82, 2.24) is 5.32 Å². The zero-order chi connectivity index (χ0) is 14.1. The first kappa shape index (κ1) is 15.1. The van der Waals surface area contributed by atoms with Crippen LogP contribution in [-0.2, 0) is 4.79 Å². The number of hydrogen-bond donors (Lipinski definition) is 2. The van der Waals surface area contributed by atoms with Gasteiger partial charge >= 0.3 is 0 Å². The molecule has 1 aromatic rings. The predicted octanol–water partition coefficient (Wildman–Crippen LogP) is 3.08. The van der Waals surface area contributed by atoms with Crippen molar-refractivity contribution in [3.8, 4) is 6.07 Å². The van der Waals surface area contributed by atoms with Crippen LogP contribution >= 0.6 is 11.6 Å². The van der Waals surface area contributed by atoms with Crippen LogP contribution in [0.15, 0.2) is 36.0 Å². The number of hydrogen-bond acceptors (Lipinski definition) is 3. The van der Waals surface area contributed by atoms with Crippen molar-refractivity contribution < 1.29 is 4.79 Å². The molecule has 5 heteroatoms. The molecule has 0 fully saturated rings. The third-order valence-electron chi connectivity index (χ3n) is 2.41. The first-order valence-corrected chi connectivity index (χ1v) is 6.46. The number of anilines is 1. The van der Waals surface area contributed by atoms with Gasteiger partial charge in [-0.3, -0.25) is 4.79 Å². The highest BCUT2D eigenvalue weighted by Crippen LogP contribution is 2.20. The fourth-order valence-electron chi connectivity index (χ4n) is 1.35. The Morgan fingerprint density at radius 2 is 2.21 bits per heavy atom. The summed E-state index contributed by atoms with van der Waals surface area (Å²) in [6, 6.07) is 8.75. The second-order valence-corrected chi connectivity index (χ2v) is 4.32. The van der Waals surface area contributed by atoms with Crippen LogP contribution in [0.4, 0.5) is 5.69 Å². The first-order chi connectivity index (χ1) is 9.19. The van der Waals surface area contributed by atoms with Crippen molar-refractivity contribution in [2.75, 3.05) is 11.9 Å². The molecular formula is C14H16ClN3O. The van der Waals surface area contributed by atoms with Crippen LogP contribution in [0, 0.1) is 11.3 Å². The summed E-state index contributed by atoms with van der Waals surface area (Å²) in [5.74, 6) is -0.473. The fraction of sp³-hybridized carbons (Fsp3) is 0.286. The van der Waals surface area contributed by atoms with Gasteiger partial charge < -0.3 is 10.6 Å². The lowest BCUT2D eigenvalue weighted by Crippen LogP contribution is -2.17. The molecule has 0 saturated carbocycles. The van der Waals surface area contributed by atoms with E-state index >= 15 is 0 Å². The standard InChI is InChI=1S/C14H16ClN3O/c1-2-3-8-17-10-11(9-16)14(19)18-13-7-5-4-6-12(13)15/h4-7,10,17H,2-3,8H2,1H3,(H,18,19)/b11-10-. The van der Waals surface area contributed by atoms with E-state index in [1.54, 1.807) is 24.3 Å². The summed E-state index contributed by atoms with van der Waals surface area (Å²) < 4.78 is 0. The Hall–Kier alpha value is -1.99. The molecule has 0 aromatic heterocycles. The van der Waals surface area contributed by atoms with Crippen molar-refractivity contribution in [2.45, 2.75) is 19.8 Å². The van der Waals surface area contributed by atoms with Gasteiger partial charge in [-0.15, -0.1) is 0 Å². The molecular weight excluding hydrogens is 262 g/mol. The first-order valence-electron chi connectivity index (χ1n) is 6.08. The van der Waals surface area contributed by atoms with Crippen molar-refractivity contribution in [2.24, 2.45) is 0 Å². The van der Waals surface area contributed by atoms with Gasteiger partial charge in [-0.05, 0) is 18.6 Å². The molecule has 0 aliphatic rings. The monoisotopic (exact) mass is 277 g/mol. The molecule has 0 bridgehead atoms. The van der Waals surface area contributed by atoms with Gasteiger partial charge in [-0.25, -0.2) is 0 Å².